The lowest BCUT2D eigenvalue weighted by Gasteiger charge is -2.12. The maximum atomic E-state index is 12.3. The van der Waals surface area contributed by atoms with Gasteiger partial charge in [-0.1, -0.05) is 11.6 Å². The number of aromatic nitrogens is 2. The fraction of sp³-hybridized carbons (Fsp3) is 0.188. The highest BCUT2D eigenvalue weighted by Gasteiger charge is 2.17. The van der Waals surface area contributed by atoms with E-state index < -0.39 is 11.7 Å². The summed E-state index contributed by atoms with van der Waals surface area (Å²) < 4.78 is 21.9. The Labute approximate surface area is 165 Å². The van der Waals surface area contributed by atoms with E-state index in [-0.39, 0.29) is 23.2 Å². The molecule has 142 valence electrons. The minimum absolute atomic E-state index is 0.0384. The van der Waals surface area contributed by atoms with Crippen LogP contribution in [0.3, 0.4) is 0 Å². The second-order valence-corrected chi connectivity index (χ2v) is 6.36. The SMILES string of the molecule is COc1cc(OC)c(NC(=O)Cn2nc(-c3ccc(Br)o3)oc2=O)cc1Cl. The molecule has 2 aromatic heterocycles. The van der Waals surface area contributed by atoms with E-state index in [1.54, 1.807) is 12.1 Å². The Morgan fingerprint density at radius 3 is 2.63 bits per heavy atom. The van der Waals surface area contributed by atoms with Gasteiger partial charge in [-0.3, -0.25) is 4.79 Å². The number of carbonyl (C=O) groups is 1. The Bertz CT molecular complexity index is 1040. The normalized spacial score (nSPS) is 10.7. The van der Waals surface area contributed by atoms with Crippen molar-refractivity contribution in [3.63, 3.8) is 0 Å². The smallest absolute Gasteiger partial charge is 0.437 e. The van der Waals surface area contributed by atoms with Gasteiger partial charge >= 0.3 is 5.76 Å². The summed E-state index contributed by atoms with van der Waals surface area (Å²) in [6.07, 6.45) is 0. The largest absolute Gasteiger partial charge is 0.495 e. The van der Waals surface area contributed by atoms with Gasteiger partial charge in [0.1, 0.15) is 18.0 Å². The van der Waals surface area contributed by atoms with Crippen molar-refractivity contribution < 1.29 is 23.1 Å². The summed E-state index contributed by atoms with van der Waals surface area (Å²) in [5.41, 5.74) is 0.319. The van der Waals surface area contributed by atoms with Gasteiger partial charge in [0, 0.05) is 6.07 Å². The Hall–Kier alpha value is -2.72. The second kappa shape index (κ2) is 7.89. The van der Waals surface area contributed by atoms with Crippen LogP contribution in [0.5, 0.6) is 11.5 Å². The Morgan fingerprint density at radius 1 is 1.26 bits per heavy atom. The molecule has 0 bridgehead atoms. The number of nitrogens with zero attached hydrogens (tertiary/aromatic N) is 2. The number of ether oxygens (including phenoxy) is 2. The highest BCUT2D eigenvalue weighted by Crippen LogP contribution is 2.35. The van der Waals surface area contributed by atoms with Crippen molar-refractivity contribution in [2.45, 2.75) is 6.54 Å². The van der Waals surface area contributed by atoms with E-state index in [9.17, 15) is 9.59 Å². The molecule has 0 radical (unpaired) electrons. The molecule has 2 heterocycles. The molecule has 1 N–H and O–H groups in total. The lowest BCUT2D eigenvalue weighted by molar-refractivity contribution is -0.117. The molecule has 1 aromatic carbocycles. The van der Waals surface area contributed by atoms with Crippen molar-refractivity contribution in [2.75, 3.05) is 19.5 Å². The number of amides is 1. The van der Waals surface area contributed by atoms with Crippen LogP contribution in [-0.4, -0.2) is 29.9 Å². The fourth-order valence-corrected chi connectivity index (χ4v) is 2.77. The van der Waals surface area contributed by atoms with Crippen LogP contribution < -0.4 is 20.5 Å². The van der Waals surface area contributed by atoms with E-state index in [1.165, 1.54) is 26.4 Å². The molecule has 0 aliphatic rings. The zero-order valence-electron chi connectivity index (χ0n) is 14.1. The standard InChI is InChI=1S/C16H13BrClN3O6/c1-24-11-6-12(25-2)9(5-8(11)18)19-14(22)7-21-16(23)27-15(20-21)10-3-4-13(17)26-10/h3-6H,7H2,1-2H3,(H,19,22). The van der Waals surface area contributed by atoms with Gasteiger partial charge in [0.15, 0.2) is 10.4 Å². The van der Waals surface area contributed by atoms with Gasteiger partial charge in [-0.25, -0.2) is 4.79 Å². The molecule has 3 aromatic rings. The molecule has 0 aliphatic carbocycles. The van der Waals surface area contributed by atoms with Crippen molar-refractivity contribution in [3.05, 3.63) is 44.5 Å². The summed E-state index contributed by atoms with van der Waals surface area (Å²) in [7, 11) is 2.90. The summed E-state index contributed by atoms with van der Waals surface area (Å²) in [6.45, 7) is -0.378. The first kappa shape index (κ1) is 19.1. The Morgan fingerprint density at radius 2 is 2.00 bits per heavy atom. The molecule has 0 saturated heterocycles. The topological polar surface area (TPSA) is 109 Å². The molecule has 11 heteroatoms. The molecule has 0 spiro atoms. The number of carbonyl (C=O) groups excluding carboxylic acids is 1. The first-order valence-electron chi connectivity index (χ1n) is 7.46. The number of benzene rings is 1. The lowest BCUT2D eigenvalue weighted by atomic mass is 10.2. The number of rotatable bonds is 6. The van der Waals surface area contributed by atoms with Crippen LogP contribution in [0.2, 0.25) is 5.02 Å². The highest BCUT2D eigenvalue weighted by molar-refractivity contribution is 9.10. The van der Waals surface area contributed by atoms with E-state index in [1.807, 2.05) is 0 Å². The fourth-order valence-electron chi connectivity index (χ4n) is 2.22. The third kappa shape index (κ3) is 4.17. The summed E-state index contributed by atoms with van der Waals surface area (Å²) in [6, 6.07) is 6.21. The van der Waals surface area contributed by atoms with Crippen molar-refractivity contribution >= 4 is 39.1 Å². The first-order valence-corrected chi connectivity index (χ1v) is 8.63. The van der Waals surface area contributed by atoms with E-state index in [0.29, 0.717) is 21.9 Å². The van der Waals surface area contributed by atoms with Gasteiger partial charge < -0.3 is 23.6 Å². The molecular formula is C16H13BrClN3O6. The summed E-state index contributed by atoms with van der Waals surface area (Å²) in [5.74, 6) is -0.374. The third-order valence-corrected chi connectivity index (χ3v) is 4.15. The second-order valence-electron chi connectivity index (χ2n) is 5.17. The third-order valence-electron chi connectivity index (χ3n) is 3.43. The van der Waals surface area contributed by atoms with Crippen LogP contribution in [0.15, 0.2) is 42.6 Å². The van der Waals surface area contributed by atoms with Crippen LogP contribution >= 0.6 is 27.5 Å². The number of nitrogens with one attached hydrogen (secondary N) is 1. The predicted molar refractivity (Wildman–Crippen MR) is 99.4 cm³/mol. The van der Waals surface area contributed by atoms with Crippen LogP contribution in [0.25, 0.3) is 11.7 Å². The lowest BCUT2D eigenvalue weighted by Crippen LogP contribution is -2.26. The minimum Gasteiger partial charge on any atom is -0.495 e. The number of furan rings is 1. The van der Waals surface area contributed by atoms with Crippen molar-refractivity contribution in [3.8, 4) is 23.1 Å². The summed E-state index contributed by atoms with van der Waals surface area (Å²) in [5, 5.41) is 6.84. The van der Waals surface area contributed by atoms with Crippen molar-refractivity contribution in [1.82, 2.24) is 9.78 Å². The molecular weight excluding hydrogens is 446 g/mol. The zero-order valence-corrected chi connectivity index (χ0v) is 16.5. The minimum atomic E-state index is -0.799. The van der Waals surface area contributed by atoms with E-state index >= 15 is 0 Å². The number of hydrogen-bond donors (Lipinski definition) is 1. The van der Waals surface area contributed by atoms with Crippen molar-refractivity contribution in [1.29, 1.82) is 0 Å². The van der Waals surface area contributed by atoms with Gasteiger partial charge in [0.2, 0.25) is 5.91 Å². The molecule has 0 saturated carbocycles. The molecule has 0 atom stereocenters. The molecule has 0 aliphatic heterocycles. The van der Waals surface area contributed by atoms with Crippen LogP contribution in [0.1, 0.15) is 0 Å². The number of hydrogen-bond acceptors (Lipinski definition) is 7. The predicted octanol–water partition coefficient (Wildman–Crippen LogP) is 3.17. The molecule has 0 unspecified atom stereocenters. The van der Waals surface area contributed by atoms with E-state index in [4.69, 9.17) is 29.9 Å². The van der Waals surface area contributed by atoms with Crippen LogP contribution in [-0.2, 0) is 11.3 Å². The van der Waals surface area contributed by atoms with E-state index in [2.05, 4.69) is 26.3 Å². The summed E-state index contributed by atoms with van der Waals surface area (Å²) >= 11 is 9.22. The van der Waals surface area contributed by atoms with Gasteiger partial charge in [0.05, 0.1) is 24.9 Å². The maximum Gasteiger partial charge on any atom is 0.437 e. The van der Waals surface area contributed by atoms with Gasteiger partial charge in [-0.05, 0) is 34.1 Å². The maximum absolute atomic E-state index is 12.3. The molecule has 0 fully saturated rings. The average Bonchev–Trinajstić information content (AvgIpc) is 3.21. The summed E-state index contributed by atoms with van der Waals surface area (Å²) in [4.78, 5) is 24.2. The van der Waals surface area contributed by atoms with Crippen molar-refractivity contribution in [2.24, 2.45) is 0 Å². The molecule has 3 rings (SSSR count). The van der Waals surface area contributed by atoms with Gasteiger partial charge in [-0.15, -0.1) is 5.10 Å². The average molecular weight is 459 g/mol. The number of halogens is 2. The number of methoxy groups -OCH3 is 2. The van der Waals surface area contributed by atoms with Gasteiger partial charge in [0.25, 0.3) is 5.89 Å². The molecule has 1 amide bonds. The van der Waals surface area contributed by atoms with Crippen LogP contribution in [0.4, 0.5) is 5.69 Å². The molecule has 9 nitrogen and oxygen atoms in total. The highest BCUT2D eigenvalue weighted by atomic mass is 79.9. The van der Waals surface area contributed by atoms with E-state index in [0.717, 1.165) is 4.68 Å². The first-order chi connectivity index (χ1) is 12.9. The monoisotopic (exact) mass is 457 g/mol. The Kier molecular flexibility index (Phi) is 5.57. The zero-order chi connectivity index (χ0) is 19.6. The Balaban J connectivity index is 1.78. The van der Waals surface area contributed by atoms with Crippen LogP contribution in [0, 0.1) is 0 Å². The quantitative estimate of drug-likeness (QED) is 0.604. The molecule has 27 heavy (non-hydrogen) atoms. The number of anilines is 1. The van der Waals surface area contributed by atoms with Gasteiger partial charge in [-0.2, -0.15) is 4.68 Å².